The average molecular weight is 334 g/mol. The van der Waals surface area contributed by atoms with Gasteiger partial charge in [0.05, 0.1) is 6.04 Å². The summed E-state index contributed by atoms with van der Waals surface area (Å²) in [5, 5.41) is 5.97. The van der Waals surface area contributed by atoms with E-state index in [9.17, 15) is 4.39 Å². The molecule has 0 amide bonds. The standard InChI is InChI=1S/C22H23FN2/c23-21-10-8-18(9-11-21)22(25-14-3-12-24-13-15-25)20-7-6-17-4-1-2-5-19(17)16-20/h1-2,4-11,16,22,24H,3,12-15H2. The molecule has 1 aliphatic heterocycles. The Balaban J connectivity index is 1.78. The highest BCUT2D eigenvalue weighted by Gasteiger charge is 2.23. The molecular formula is C22H23FN2. The first-order chi connectivity index (χ1) is 12.3. The molecule has 3 aromatic carbocycles. The lowest BCUT2D eigenvalue weighted by Crippen LogP contribution is -2.33. The number of rotatable bonds is 3. The first-order valence-electron chi connectivity index (χ1n) is 9.00. The molecule has 1 heterocycles. The Bertz CT molecular complexity index is 836. The van der Waals surface area contributed by atoms with Crippen LogP contribution in [0.3, 0.4) is 0 Å². The van der Waals surface area contributed by atoms with Gasteiger partial charge < -0.3 is 5.32 Å². The van der Waals surface area contributed by atoms with Crippen molar-refractivity contribution in [1.29, 1.82) is 0 Å². The van der Waals surface area contributed by atoms with Gasteiger partial charge in [-0.15, -0.1) is 0 Å². The van der Waals surface area contributed by atoms with Gasteiger partial charge in [-0.05, 0) is 53.1 Å². The second-order valence-corrected chi connectivity index (χ2v) is 6.70. The minimum absolute atomic E-state index is 0.158. The quantitative estimate of drug-likeness (QED) is 0.765. The highest BCUT2D eigenvalue weighted by atomic mass is 19.1. The van der Waals surface area contributed by atoms with E-state index in [0.29, 0.717) is 0 Å². The third kappa shape index (κ3) is 3.58. The number of nitrogens with one attached hydrogen (secondary N) is 1. The fourth-order valence-corrected chi connectivity index (χ4v) is 3.76. The van der Waals surface area contributed by atoms with E-state index < -0.39 is 0 Å². The Labute approximate surface area is 148 Å². The number of benzene rings is 3. The topological polar surface area (TPSA) is 15.3 Å². The molecule has 1 saturated heterocycles. The van der Waals surface area contributed by atoms with Crippen LogP contribution in [-0.4, -0.2) is 31.1 Å². The van der Waals surface area contributed by atoms with Crippen molar-refractivity contribution in [3.63, 3.8) is 0 Å². The zero-order valence-corrected chi connectivity index (χ0v) is 14.3. The summed E-state index contributed by atoms with van der Waals surface area (Å²) in [6.07, 6.45) is 1.13. The van der Waals surface area contributed by atoms with E-state index in [2.05, 4.69) is 52.7 Å². The molecule has 0 radical (unpaired) electrons. The molecule has 1 atom stereocenters. The summed E-state index contributed by atoms with van der Waals surface area (Å²) in [5.74, 6) is -0.182. The monoisotopic (exact) mass is 334 g/mol. The van der Waals surface area contributed by atoms with E-state index in [0.717, 1.165) is 38.2 Å². The van der Waals surface area contributed by atoms with Crippen LogP contribution in [-0.2, 0) is 0 Å². The van der Waals surface area contributed by atoms with Crippen molar-refractivity contribution in [1.82, 2.24) is 10.2 Å². The summed E-state index contributed by atoms with van der Waals surface area (Å²) in [7, 11) is 0. The van der Waals surface area contributed by atoms with Gasteiger partial charge in [-0.2, -0.15) is 0 Å². The van der Waals surface area contributed by atoms with Crippen molar-refractivity contribution in [2.24, 2.45) is 0 Å². The molecule has 0 aliphatic carbocycles. The third-order valence-electron chi connectivity index (χ3n) is 5.01. The van der Waals surface area contributed by atoms with Crippen molar-refractivity contribution < 1.29 is 4.39 Å². The Morgan fingerprint density at radius 2 is 1.56 bits per heavy atom. The highest BCUT2D eigenvalue weighted by molar-refractivity contribution is 5.83. The summed E-state index contributed by atoms with van der Waals surface area (Å²) >= 11 is 0. The molecule has 1 fully saturated rings. The Morgan fingerprint density at radius 3 is 2.40 bits per heavy atom. The number of fused-ring (bicyclic) bond motifs is 1. The molecule has 0 saturated carbocycles. The predicted octanol–water partition coefficient (Wildman–Crippen LogP) is 4.36. The van der Waals surface area contributed by atoms with Crippen LogP contribution in [0, 0.1) is 5.82 Å². The van der Waals surface area contributed by atoms with Gasteiger partial charge in [0.25, 0.3) is 0 Å². The second-order valence-electron chi connectivity index (χ2n) is 6.70. The summed E-state index contributed by atoms with van der Waals surface area (Å²) < 4.78 is 13.4. The Hall–Kier alpha value is -2.23. The van der Waals surface area contributed by atoms with E-state index in [4.69, 9.17) is 0 Å². The van der Waals surface area contributed by atoms with Crippen molar-refractivity contribution in [3.8, 4) is 0 Å². The summed E-state index contributed by atoms with van der Waals surface area (Å²) in [4.78, 5) is 2.51. The molecule has 128 valence electrons. The summed E-state index contributed by atoms with van der Waals surface area (Å²) in [5.41, 5.74) is 2.42. The predicted molar refractivity (Wildman–Crippen MR) is 101 cm³/mol. The minimum atomic E-state index is -0.182. The molecular weight excluding hydrogens is 311 g/mol. The van der Waals surface area contributed by atoms with Gasteiger partial charge in [-0.3, -0.25) is 4.90 Å². The highest BCUT2D eigenvalue weighted by Crippen LogP contribution is 2.31. The van der Waals surface area contributed by atoms with Crippen LogP contribution in [0.1, 0.15) is 23.6 Å². The first-order valence-corrected chi connectivity index (χ1v) is 9.00. The lowest BCUT2D eigenvalue weighted by Gasteiger charge is -2.31. The van der Waals surface area contributed by atoms with Crippen molar-refractivity contribution >= 4 is 10.8 Å². The lowest BCUT2D eigenvalue weighted by atomic mass is 9.94. The van der Waals surface area contributed by atoms with E-state index in [1.807, 2.05) is 12.1 Å². The van der Waals surface area contributed by atoms with Crippen LogP contribution in [0.15, 0.2) is 66.7 Å². The van der Waals surface area contributed by atoms with Crippen LogP contribution >= 0.6 is 0 Å². The number of nitrogens with zero attached hydrogens (tertiary/aromatic N) is 1. The molecule has 0 bridgehead atoms. The second kappa shape index (κ2) is 7.34. The SMILES string of the molecule is Fc1ccc(C(c2ccc3ccccc3c2)N2CCCNCC2)cc1. The number of halogens is 1. The van der Waals surface area contributed by atoms with Crippen LogP contribution in [0.4, 0.5) is 4.39 Å². The van der Waals surface area contributed by atoms with Crippen molar-refractivity contribution in [3.05, 3.63) is 83.7 Å². The Kier molecular flexibility index (Phi) is 4.77. The maximum atomic E-state index is 13.4. The molecule has 0 aromatic heterocycles. The normalized spacial score (nSPS) is 17.3. The molecule has 25 heavy (non-hydrogen) atoms. The lowest BCUT2D eigenvalue weighted by molar-refractivity contribution is 0.241. The maximum Gasteiger partial charge on any atom is 0.123 e. The van der Waals surface area contributed by atoms with E-state index in [1.165, 1.54) is 16.3 Å². The largest absolute Gasteiger partial charge is 0.315 e. The van der Waals surface area contributed by atoms with Crippen molar-refractivity contribution in [2.45, 2.75) is 12.5 Å². The van der Waals surface area contributed by atoms with Gasteiger partial charge in [-0.1, -0.05) is 48.5 Å². The summed E-state index contributed by atoms with van der Waals surface area (Å²) in [6.45, 7) is 4.09. The van der Waals surface area contributed by atoms with E-state index in [1.54, 1.807) is 12.1 Å². The van der Waals surface area contributed by atoms with Gasteiger partial charge in [0.1, 0.15) is 5.82 Å². The molecule has 2 nitrogen and oxygen atoms in total. The Morgan fingerprint density at radius 1 is 0.800 bits per heavy atom. The smallest absolute Gasteiger partial charge is 0.123 e. The number of hydrogen-bond donors (Lipinski definition) is 1. The fraction of sp³-hybridized carbons (Fsp3) is 0.273. The molecule has 3 heteroatoms. The minimum Gasteiger partial charge on any atom is -0.315 e. The molecule has 0 spiro atoms. The van der Waals surface area contributed by atoms with Gasteiger partial charge in [0.15, 0.2) is 0 Å². The van der Waals surface area contributed by atoms with Gasteiger partial charge >= 0.3 is 0 Å². The zero-order valence-electron chi connectivity index (χ0n) is 14.3. The van der Waals surface area contributed by atoms with Crippen LogP contribution in [0.2, 0.25) is 0 Å². The maximum absolute atomic E-state index is 13.4. The zero-order chi connectivity index (χ0) is 17.1. The first kappa shape index (κ1) is 16.2. The van der Waals surface area contributed by atoms with Crippen LogP contribution in [0.5, 0.6) is 0 Å². The van der Waals surface area contributed by atoms with Gasteiger partial charge in [-0.25, -0.2) is 4.39 Å². The molecule has 1 unspecified atom stereocenters. The van der Waals surface area contributed by atoms with E-state index in [-0.39, 0.29) is 11.9 Å². The van der Waals surface area contributed by atoms with Crippen molar-refractivity contribution in [2.75, 3.05) is 26.2 Å². The number of hydrogen-bond acceptors (Lipinski definition) is 2. The van der Waals surface area contributed by atoms with Crippen LogP contribution < -0.4 is 5.32 Å². The third-order valence-corrected chi connectivity index (χ3v) is 5.01. The molecule has 3 aromatic rings. The molecule has 1 aliphatic rings. The summed E-state index contributed by atoms with van der Waals surface area (Å²) in [6, 6.07) is 22.3. The fourth-order valence-electron chi connectivity index (χ4n) is 3.76. The molecule has 4 rings (SSSR count). The van der Waals surface area contributed by atoms with E-state index >= 15 is 0 Å². The average Bonchev–Trinajstić information content (AvgIpc) is 2.93. The molecule has 1 N–H and O–H groups in total. The van der Waals surface area contributed by atoms with Crippen LogP contribution in [0.25, 0.3) is 10.8 Å². The van der Waals surface area contributed by atoms with Gasteiger partial charge in [0, 0.05) is 19.6 Å². The van der Waals surface area contributed by atoms with Gasteiger partial charge in [0.2, 0.25) is 0 Å².